The summed E-state index contributed by atoms with van der Waals surface area (Å²) in [7, 11) is -3.67. The zero-order valence-corrected chi connectivity index (χ0v) is 21.0. The molecule has 33 heavy (non-hydrogen) atoms. The molecule has 1 amide bonds. The minimum atomic E-state index is -3.67. The number of carbonyl (C=O) groups is 1. The Morgan fingerprint density at radius 2 is 1.85 bits per heavy atom. The van der Waals surface area contributed by atoms with Gasteiger partial charge in [-0.05, 0) is 63.8 Å². The van der Waals surface area contributed by atoms with Crippen molar-refractivity contribution in [3.05, 3.63) is 63.5 Å². The molecule has 0 radical (unpaired) electrons. The number of amides is 1. The molecular weight excluding hydrogens is 454 g/mol. The molecule has 0 saturated carbocycles. The van der Waals surface area contributed by atoms with Gasteiger partial charge in [-0.25, -0.2) is 13.4 Å². The van der Waals surface area contributed by atoms with E-state index in [4.69, 9.17) is 0 Å². The Hall–Kier alpha value is -2.55. The number of anilines is 1. The van der Waals surface area contributed by atoms with Gasteiger partial charge in [-0.15, -0.1) is 11.3 Å². The fourth-order valence-corrected chi connectivity index (χ4v) is 7.13. The van der Waals surface area contributed by atoms with Gasteiger partial charge in [0.25, 0.3) is 0 Å². The lowest BCUT2D eigenvalue weighted by Crippen LogP contribution is -2.44. The molecule has 0 bridgehead atoms. The molecule has 8 heteroatoms. The zero-order valence-electron chi connectivity index (χ0n) is 19.4. The van der Waals surface area contributed by atoms with Gasteiger partial charge in [0.1, 0.15) is 0 Å². The second-order valence-corrected chi connectivity index (χ2v) is 11.7. The lowest BCUT2D eigenvalue weighted by atomic mass is 9.98. The van der Waals surface area contributed by atoms with Gasteiger partial charge in [-0.3, -0.25) is 4.79 Å². The number of nitrogens with zero attached hydrogens (tertiary/aromatic N) is 2. The van der Waals surface area contributed by atoms with Crippen LogP contribution in [-0.4, -0.2) is 36.7 Å². The lowest BCUT2D eigenvalue weighted by molar-refractivity contribution is -0.120. The van der Waals surface area contributed by atoms with Crippen LogP contribution < -0.4 is 5.32 Å². The summed E-state index contributed by atoms with van der Waals surface area (Å²) >= 11 is 1.58. The van der Waals surface area contributed by atoms with E-state index in [0.717, 1.165) is 33.0 Å². The predicted molar refractivity (Wildman–Crippen MR) is 133 cm³/mol. The highest BCUT2D eigenvalue weighted by molar-refractivity contribution is 7.89. The first kappa shape index (κ1) is 23.6. The van der Waals surface area contributed by atoms with Gasteiger partial charge in [-0.2, -0.15) is 4.31 Å². The van der Waals surface area contributed by atoms with Gasteiger partial charge in [0.2, 0.25) is 15.9 Å². The number of sulfonamides is 1. The SMILES string of the molecule is Cc1cc(C)c(S(=O)(=O)N2CCC[C@@H](C(=O)Nc3cccc(-c4csc(C)n4)c3)C2)c(C)c1. The molecule has 2 aromatic carbocycles. The standard InChI is InChI=1S/C25H29N3O3S2/c1-16-11-17(2)24(18(3)12-16)33(30,31)28-10-6-8-21(14-28)25(29)27-22-9-5-7-20(13-22)23-15-32-19(4)26-23/h5,7,9,11-13,15,21H,6,8,10,14H2,1-4H3,(H,27,29)/t21-/m1/s1. The Morgan fingerprint density at radius 1 is 1.12 bits per heavy atom. The van der Waals surface area contributed by atoms with Gasteiger partial charge in [0, 0.05) is 29.7 Å². The number of hydrogen-bond donors (Lipinski definition) is 1. The average Bonchev–Trinajstić information content (AvgIpc) is 3.19. The van der Waals surface area contributed by atoms with E-state index >= 15 is 0 Å². The van der Waals surface area contributed by atoms with Crippen molar-refractivity contribution in [3.63, 3.8) is 0 Å². The van der Waals surface area contributed by atoms with Crippen LogP contribution in [0.25, 0.3) is 11.3 Å². The number of piperidine rings is 1. The van der Waals surface area contributed by atoms with Crippen LogP contribution in [0.3, 0.4) is 0 Å². The molecule has 1 atom stereocenters. The van der Waals surface area contributed by atoms with Crippen molar-refractivity contribution in [2.75, 3.05) is 18.4 Å². The summed E-state index contributed by atoms with van der Waals surface area (Å²) in [5, 5.41) is 5.97. The molecule has 1 N–H and O–H groups in total. The molecule has 1 aromatic heterocycles. The van der Waals surface area contributed by atoms with Crippen molar-refractivity contribution < 1.29 is 13.2 Å². The van der Waals surface area contributed by atoms with E-state index in [0.29, 0.717) is 30.0 Å². The van der Waals surface area contributed by atoms with Crippen molar-refractivity contribution >= 4 is 33.0 Å². The third-order valence-corrected chi connectivity index (χ3v) is 8.95. The summed E-state index contributed by atoms with van der Waals surface area (Å²) in [6.45, 7) is 8.20. The molecule has 2 heterocycles. The molecule has 1 saturated heterocycles. The fourth-order valence-electron chi connectivity index (χ4n) is 4.57. The number of carbonyl (C=O) groups excluding carboxylic acids is 1. The molecular formula is C25H29N3O3S2. The van der Waals surface area contributed by atoms with Gasteiger partial charge in [0.05, 0.1) is 21.5 Å². The Kier molecular flexibility index (Phi) is 6.70. The Balaban J connectivity index is 1.50. The topological polar surface area (TPSA) is 79.4 Å². The third-order valence-electron chi connectivity index (χ3n) is 6.00. The Bertz CT molecular complexity index is 1270. The number of aromatic nitrogens is 1. The second-order valence-electron chi connectivity index (χ2n) is 8.75. The quantitative estimate of drug-likeness (QED) is 0.549. The highest BCUT2D eigenvalue weighted by Gasteiger charge is 2.35. The average molecular weight is 484 g/mol. The molecule has 1 aliphatic rings. The third kappa shape index (κ3) is 5.03. The van der Waals surface area contributed by atoms with Crippen molar-refractivity contribution in [1.29, 1.82) is 0 Å². The van der Waals surface area contributed by atoms with Crippen LogP contribution in [0, 0.1) is 33.6 Å². The van der Waals surface area contributed by atoms with E-state index in [1.54, 1.807) is 11.3 Å². The molecule has 0 spiro atoms. The first-order chi connectivity index (χ1) is 15.6. The molecule has 6 nitrogen and oxygen atoms in total. The smallest absolute Gasteiger partial charge is 0.243 e. The molecule has 0 unspecified atom stereocenters. The summed E-state index contributed by atoms with van der Waals surface area (Å²) in [5.41, 5.74) is 5.03. The summed E-state index contributed by atoms with van der Waals surface area (Å²) in [4.78, 5) is 17.9. The molecule has 4 rings (SSSR count). The number of nitrogens with one attached hydrogen (secondary N) is 1. The highest BCUT2D eigenvalue weighted by Crippen LogP contribution is 2.30. The van der Waals surface area contributed by atoms with E-state index < -0.39 is 15.9 Å². The van der Waals surface area contributed by atoms with E-state index in [-0.39, 0.29) is 12.5 Å². The second kappa shape index (κ2) is 9.37. The normalized spacial score (nSPS) is 17.2. The van der Waals surface area contributed by atoms with Gasteiger partial charge < -0.3 is 5.32 Å². The maximum absolute atomic E-state index is 13.5. The predicted octanol–water partition coefficient (Wildman–Crippen LogP) is 5.08. The maximum Gasteiger partial charge on any atom is 0.243 e. The van der Waals surface area contributed by atoms with Gasteiger partial charge >= 0.3 is 0 Å². The zero-order chi connectivity index (χ0) is 23.8. The minimum Gasteiger partial charge on any atom is -0.326 e. The van der Waals surface area contributed by atoms with E-state index in [2.05, 4.69) is 10.3 Å². The monoisotopic (exact) mass is 483 g/mol. The van der Waals surface area contributed by atoms with E-state index in [1.165, 1.54) is 4.31 Å². The first-order valence-corrected chi connectivity index (χ1v) is 13.4. The van der Waals surface area contributed by atoms with Crippen LogP contribution >= 0.6 is 11.3 Å². The number of hydrogen-bond acceptors (Lipinski definition) is 5. The van der Waals surface area contributed by atoms with E-state index in [9.17, 15) is 13.2 Å². The molecule has 1 aliphatic heterocycles. The Labute approximate surface area is 199 Å². The largest absolute Gasteiger partial charge is 0.326 e. The van der Waals surface area contributed by atoms with Gasteiger partial charge in [-0.1, -0.05) is 29.8 Å². The summed E-state index contributed by atoms with van der Waals surface area (Å²) in [6.07, 6.45) is 1.31. The van der Waals surface area contributed by atoms with Crippen molar-refractivity contribution in [2.24, 2.45) is 5.92 Å². The molecule has 0 aliphatic carbocycles. The van der Waals surface area contributed by atoms with Crippen LogP contribution in [-0.2, 0) is 14.8 Å². The summed E-state index contributed by atoms with van der Waals surface area (Å²) in [5.74, 6) is -0.552. The summed E-state index contributed by atoms with van der Waals surface area (Å²) in [6, 6.07) is 11.4. The molecule has 174 valence electrons. The molecule has 1 fully saturated rings. The number of rotatable bonds is 5. The maximum atomic E-state index is 13.5. The highest BCUT2D eigenvalue weighted by atomic mass is 32.2. The number of aryl methyl sites for hydroxylation is 4. The van der Waals surface area contributed by atoms with Gasteiger partial charge in [0.15, 0.2) is 0 Å². The molecule has 3 aromatic rings. The minimum absolute atomic E-state index is 0.154. The number of benzene rings is 2. The summed E-state index contributed by atoms with van der Waals surface area (Å²) < 4.78 is 28.4. The van der Waals surface area contributed by atoms with Crippen molar-refractivity contribution in [1.82, 2.24) is 9.29 Å². The van der Waals surface area contributed by atoms with Crippen LogP contribution in [0.1, 0.15) is 34.5 Å². The van der Waals surface area contributed by atoms with Crippen molar-refractivity contribution in [2.45, 2.75) is 45.4 Å². The Morgan fingerprint density at radius 3 is 2.52 bits per heavy atom. The lowest BCUT2D eigenvalue weighted by Gasteiger charge is -2.32. The van der Waals surface area contributed by atoms with Crippen LogP contribution in [0.2, 0.25) is 0 Å². The van der Waals surface area contributed by atoms with Crippen LogP contribution in [0.5, 0.6) is 0 Å². The fraction of sp³-hybridized carbons (Fsp3) is 0.360. The van der Waals surface area contributed by atoms with Crippen molar-refractivity contribution in [3.8, 4) is 11.3 Å². The van der Waals surface area contributed by atoms with Crippen LogP contribution in [0.4, 0.5) is 5.69 Å². The first-order valence-electron chi connectivity index (χ1n) is 11.1. The van der Waals surface area contributed by atoms with E-state index in [1.807, 2.05) is 69.5 Å². The van der Waals surface area contributed by atoms with Crippen LogP contribution in [0.15, 0.2) is 46.7 Å². The number of thiazole rings is 1.